The van der Waals surface area contributed by atoms with Gasteiger partial charge in [-0.1, -0.05) is 13.0 Å². The zero-order valence-corrected chi connectivity index (χ0v) is 10.4. The standard InChI is InChI=1S/C13H17N3O/c1-4-9(2)14-13(17)12-11-7-5-6-8-16(11)10(3)15-12/h5-9H,4H2,1-3H3,(H,14,17). The van der Waals surface area contributed by atoms with E-state index in [1.54, 1.807) is 0 Å². The van der Waals surface area contributed by atoms with Gasteiger partial charge in [0.15, 0.2) is 5.69 Å². The van der Waals surface area contributed by atoms with Gasteiger partial charge in [-0.05, 0) is 32.4 Å². The molecule has 0 saturated heterocycles. The lowest BCUT2D eigenvalue weighted by atomic mass is 10.2. The third-order valence-corrected chi connectivity index (χ3v) is 2.93. The van der Waals surface area contributed by atoms with Gasteiger partial charge in [-0.25, -0.2) is 4.98 Å². The highest BCUT2D eigenvalue weighted by molar-refractivity contribution is 5.99. The van der Waals surface area contributed by atoms with E-state index in [9.17, 15) is 4.79 Å². The van der Waals surface area contributed by atoms with E-state index in [1.165, 1.54) is 0 Å². The van der Waals surface area contributed by atoms with E-state index in [1.807, 2.05) is 49.6 Å². The van der Waals surface area contributed by atoms with Crippen molar-refractivity contribution in [3.8, 4) is 0 Å². The Morgan fingerprint density at radius 2 is 2.29 bits per heavy atom. The minimum Gasteiger partial charge on any atom is -0.348 e. The first-order valence-electron chi connectivity index (χ1n) is 5.88. The number of pyridine rings is 1. The van der Waals surface area contributed by atoms with Crippen molar-refractivity contribution in [2.45, 2.75) is 33.2 Å². The van der Waals surface area contributed by atoms with Crippen LogP contribution in [0.25, 0.3) is 5.52 Å². The Morgan fingerprint density at radius 1 is 1.53 bits per heavy atom. The molecule has 90 valence electrons. The van der Waals surface area contributed by atoms with Gasteiger partial charge in [0.1, 0.15) is 5.82 Å². The van der Waals surface area contributed by atoms with Gasteiger partial charge in [0.05, 0.1) is 5.52 Å². The van der Waals surface area contributed by atoms with Crippen molar-refractivity contribution in [3.05, 3.63) is 35.9 Å². The fraction of sp³-hybridized carbons (Fsp3) is 0.385. The summed E-state index contributed by atoms with van der Waals surface area (Å²) < 4.78 is 1.92. The van der Waals surface area contributed by atoms with E-state index in [0.717, 1.165) is 17.8 Å². The molecule has 2 aromatic heterocycles. The van der Waals surface area contributed by atoms with Crippen molar-refractivity contribution in [3.63, 3.8) is 0 Å². The lowest BCUT2D eigenvalue weighted by molar-refractivity contribution is 0.0936. The van der Waals surface area contributed by atoms with Crippen LogP contribution in [0.1, 0.15) is 36.6 Å². The average Bonchev–Trinajstić information content (AvgIpc) is 2.67. The quantitative estimate of drug-likeness (QED) is 0.880. The molecular formula is C13H17N3O. The minimum absolute atomic E-state index is 0.101. The normalized spacial score (nSPS) is 12.6. The summed E-state index contributed by atoms with van der Waals surface area (Å²) >= 11 is 0. The molecule has 0 aliphatic rings. The number of hydrogen-bond acceptors (Lipinski definition) is 2. The number of hydrogen-bond donors (Lipinski definition) is 1. The van der Waals surface area contributed by atoms with E-state index >= 15 is 0 Å². The molecule has 2 heterocycles. The van der Waals surface area contributed by atoms with Crippen molar-refractivity contribution in [1.82, 2.24) is 14.7 Å². The van der Waals surface area contributed by atoms with E-state index in [2.05, 4.69) is 10.3 Å². The first kappa shape index (κ1) is 11.6. The van der Waals surface area contributed by atoms with Crippen LogP contribution in [0.2, 0.25) is 0 Å². The first-order chi connectivity index (χ1) is 8.13. The average molecular weight is 231 g/mol. The molecule has 2 rings (SSSR count). The highest BCUT2D eigenvalue weighted by atomic mass is 16.2. The Morgan fingerprint density at radius 3 is 3.00 bits per heavy atom. The summed E-state index contributed by atoms with van der Waals surface area (Å²) in [5, 5.41) is 2.94. The topological polar surface area (TPSA) is 46.4 Å². The maximum atomic E-state index is 12.1. The maximum absolute atomic E-state index is 12.1. The molecule has 1 N–H and O–H groups in total. The predicted molar refractivity (Wildman–Crippen MR) is 67.1 cm³/mol. The molecule has 4 nitrogen and oxygen atoms in total. The SMILES string of the molecule is CCC(C)NC(=O)c1nc(C)n2ccccc12. The zero-order valence-electron chi connectivity index (χ0n) is 10.4. The second kappa shape index (κ2) is 4.57. The second-order valence-electron chi connectivity index (χ2n) is 4.25. The molecular weight excluding hydrogens is 214 g/mol. The van der Waals surface area contributed by atoms with Gasteiger partial charge in [0, 0.05) is 12.2 Å². The van der Waals surface area contributed by atoms with Crippen molar-refractivity contribution in [2.24, 2.45) is 0 Å². The zero-order chi connectivity index (χ0) is 12.4. The lowest BCUT2D eigenvalue weighted by Gasteiger charge is -2.09. The molecule has 0 bridgehead atoms. The highest BCUT2D eigenvalue weighted by Gasteiger charge is 2.16. The lowest BCUT2D eigenvalue weighted by Crippen LogP contribution is -2.32. The van der Waals surface area contributed by atoms with Crippen LogP contribution in [0.3, 0.4) is 0 Å². The summed E-state index contributed by atoms with van der Waals surface area (Å²) in [6.07, 6.45) is 2.83. The Kier molecular flexibility index (Phi) is 3.13. The van der Waals surface area contributed by atoms with E-state index in [0.29, 0.717) is 5.69 Å². The van der Waals surface area contributed by atoms with Gasteiger partial charge in [0.25, 0.3) is 5.91 Å². The number of nitrogens with zero attached hydrogens (tertiary/aromatic N) is 2. The fourth-order valence-electron chi connectivity index (χ4n) is 1.75. The number of aromatic nitrogens is 2. The van der Waals surface area contributed by atoms with Crippen molar-refractivity contribution in [2.75, 3.05) is 0 Å². The van der Waals surface area contributed by atoms with Gasteiger partial charge >= 0.3 is 0 Å². The molecule has 0 fully saturated rings. The Labute approximate surface area is 101 Å². The Hall–Kier alpha value is -1.84. The monoisotopic (exact) mass is 231 g/mol. The number of fused-ring (bicyclic) bond motifs is 1. The number of rotatable bonds is 3. The van der Waals surface area contributed by atoms with Gasteiger partial charge in [-0.3, -0.25) is 4.79 Å². The highest BCUT2D eigenvalue weighted by Crippen LogP contribution is 2.12. The first-order valence-corrected chi connectivity index (χ1v) is 5.88. The molecule has 0 spiro atoms. The Bertz CT molecular complexity index is 545. The summed E-state index contributed by atoms with van der Waals surface area (Å²) in [5.41, 5.74) is 1.36. The summed E-state index contributed by atoms with van der Waals surface area (Å²) in [6, 6.07) is 5.92. The van der Waals surface area contributed by atoms with Crippen LogP contribution >= 0.6 is 0 Å². The van der Waals surface area contributed by atoms with Gasteiger partial charge in [-0.2, -0.15) is 0 Å². The van der Waals surface area contributed by atoms with Gasteiger partial charge in [-0.15, -0.1) is 0 Å². The summed E-state index contributed by atoms with van der Waals surface area (Å²) in [6.45, 7) is 5.93. The summed E-state index contributed by atoms with van der Waals surface area (Å²) in [5.74, 6) is 0.728. The third kappa shape index (κ3) is 2.16. The van der Waals surface area contributed by atoms with Crippen molar-refractivity contribution >= 4 is 11.4 Å². The molecule has 2 aromatic rings. The Balaban J connectivity index is 2.39. The number of carbonyl (C=O) groups excluding carboxylic acids is 1. The number of nitrogens with one attached hydrogen (secondary N) is 1. The van der Waals surface area contributed by atoms with Gasteiger partial charge in [0.2, 0.25) is 0 Å². The van der Waals surface area contributed by atoms with Crippen LogP contribution in [0.4, 0.5) is 0 Å². The molecule has 17 heavy (non-hydrogen) atoms. The molecule has 0 saturated carbocycles. The second-order valence-corrected chi connectivity index (χ2v) is 4.25. The molecule has 0 aliphatic carbocycles. The molecule has 1 amide bonds. The molecule has 1 unspecified atom stereocenters. The summed E-state index contributed by atoms with van der Waals surface area (Å²) in [7, 11) is 0. The van der Waals surface area contributed by atoms with Crippen LogP contribution in [0.5, 0.6) is 0 Å². The molecule has 0 aromatic carbocycles. The smallest absolute Gasteiger partial charge is 0.272 e. The van der Waals surface area contributed by atoms with Crippen LogP contribution in [-0.4, -0.2) is 21.3 Å². The molecule has 0 radical (unpaired) electrons. The van der Waals surface area contributed by atoms with Crippen LogP contribution < -0.4 is 5.32 Å². The van der Waals surface area contributed by atoms with E-state index in [-0.39, 0.29) is 11.9 Å². The third-order valence-electron chi connectivity index (χ3n) is 2.93. The van der Waals surface area contributed by atoms with E-state index < -0.39 is 0 Å². The molecule has 4 heteroatoms. The molecule has 0 aliphatic heterocycles. The minimum atomic E-state index is -0.101. The predicted octanol–water partition coefficient (Wildman–Crippen LogP) is 2.17. The number of carbonyl (C=O) groups is 1. The van der Waals surface area contributed by atoms with Crippen LogP contribution in [-0.2, 0) is 0 Å². The largest absolute Gasteiger partial charge is 0.348 e. The van der Waals surface area contributed by atoms with Gasteiger partial charge < -0.3 is 9.72 Å². The number of aryl methyl sites for hydroxylation is 1. The van der Waals surface area contributed by atoms with Crippen molar-refractivity contribution in [1.29, 1.82) is 0 Å². The summed E-state index contributed by atoms with van der Waals surface area (Å²) in [4.78, 5) is 16.4. The van der Waals surface area contributed by atoms with Crippen LogP contribution in [0, 0.1) is 6.92 Å². The van der Waals surface area contributed by atoms with Crippen molar-refractivity contribution < 1.29 is 4.79 Å². The number of imidazole rings is 1. The van der Waals surface area contributed by atoms with Crippen LogP contribution in [0.15, 0.2) is 24.4 Å². The fourth-order valence-corrected chi connectivity index (χ4v) is 1.75. The molecule has 1 atom stereocenters. The van der Waals surface area contributed by atoms with E-state index in [4.69, 9.17) is 0 Å². The number of amides is 1. The maximum Gasteiger partial charge on any atom is 0.272 e.